The van der Waals surface area contributed by atoms with Crippen LogP contribution in [0.3, 0.4) is 0 Å². The van der Waals surface area contributed by atoms with Gasteiger partial charge < -0.3 is 10.8 Å². The van der Waals surface area contributed by atoms with Crippen LogP contribution in [0, 0.1) is 7.14 Å². The predicted octanol–water partition coefficient (Wildman–Crippen LogP) is 2.18. The maximum atomic E-state index is 10.7. The highest BCUT2D eigenvalue weighted by Crippen LogP contribution is 2.24. The molecule has 1 aromatic carbocycles. The van der Waals surface area contributed by atoms with E-state index in [0.29, 0.717) is 9.26 Å². The Balaban J connectivity index is 3.43. The molecule has 0 spiro atoms. The van der Waals surface area contributed by atoms with E-state index < -0.39 is 5.97 Å². The van der Waals surface area contributed by atoms with Crippen molar-refractivity contribution in [3.05, 3.63) is 24.8 Å². The van der Waals surface area contributed by atoms with E-state index in [1.165, 1.54) is 0 Å². The van der Waals surface area contributed by atoms with Gasteiger partial charge in [-0.05, 0) is 57.3 Å². The fraction of sp³-hybridized carbons (Fsp3) is 0. The summed E-state index contributed by atoms with van der Waals surface area (Å²) in [4.78, 5) is 10.7. The minimum absolute atomic E-state index is 0.197. The molecular weight excluding hydrogens is 384 g/mol. The van der Waals surface area contributed by atoms with Crippen molar-refractivity contribution < 1.29 is 9.90 Å². The number of aromatic carboxylic acids is 1. The lowest BCUT2D eigenvalue weighted by atomic mass is 10.2. The van der Waals surface area contributed by atoms with Crippen LogP contribution < -0.4 is 5.73 Å². The molecule has 0 aromatic heterocycles. The molecule has 5 heteroatoms. The van der Waals surface area contributed by atoms with E-state index in [9.17, 15) is 4.79 Å². The first-order chi connectivity index (χ1) is 5.54. The molecule has 0 bridgehead atoms. The number of hydrogen-bond donors (Lipinski definition) is 2. The lowest BCUT2D eigenvalue weighted by Gasteiger charge is -2.04. The Morgan fingerprint density at radius 2 is 2.00 bits per heavy atom. The minimum Gasteiger partial charge on any atom is -0.478 e. The largest absolute Gasteiger partial charge is 0.478 e. The summed E-state index contributed by atoms with van der Waals surface area (Å²) in [7, 11) is 0. The van der Waals surface area contributed by atoms with Gasteiger partial charge in [-0.25, -0.2) is 4.79 Å². The lowest BCUT2D eigenvalue weighted by Crippen LogP contribution is -2.06. The summed E-state index contributed by atoms with van der Waals surface area (Å²) in [6.45, 7) is 0. The molecule has 0 aliphatic heterocycles. The second-order valence-corrected chi connectivity index (χ2v) is 4.37. The number of carboxylic acid groups (broad SMARTS) is 1. The molecule has 0 heterocycles. The monoisotopic (exact) mass is 389 g/mol. The number of halogens is 2. The number of hydrogen-bond acceptors (Lipinski definition) is 2. The van der Waals surface area contributed by atoms with E-state index in [1.807, 2.05) is 22.6 Å². The molecule has 64 valence electrons. The highest BCUT2D eigenvalue weighted by molar-refractivity contribution is 14.1. The van der Waals surface area contributed by atoms with Crippen LogP contribution >= 0.6 is 45.2 Å². The van der Waals surface area contributed by atoms with Crippen LogP contribution in [0.1, 0.15) is 10.4 Å². The summed E-state index contributed by atoms with van der Waals surface area (Å²) in [6, 6.07) is 3.40. The molecule has 0 atom stereocenters. The van der Waals surface area contributed by atoms with Crippen molar-refractivity contribution in [1.29, 1.82) is 0 Å². The Morgan fingerprint density at radius 1 is 1.42 bits per heavy atom. The van der Waals surface area contributed by atoms with Crippen molar-refractivity contribution in [2.45, 2.75) is 0 Å². The van der Waals surface area contributed by atoms with Crippen LogP contribution in [-0.4, -0.2) is 11.1 Å². The highest BCUT2D eigenvalue weighted by Gasteiger charge is 2.13. The minimum atomic E-state index is -0.976. The van der Waals surface area contributed by atoms with Crippen LogP contribution in [0.5, 0.6) is 0 Å². The zero-order valence-electron chi connectivity index (χ0n) is 5.84. The van der Waals surface area contributed by atoms with Gasteiger partial charge in [-0.15, -0.1) is 0 Å². The van der Waals surface area contributed by atoms with E-state index in [0.717, 1.165) is 3.57 Å². The number of nitrogen functional groups attached to an aromatic ring is 1. The van der Waals surface area contributed by atoms with Crippen molar-refractivity contribution in [2.75, 3.05) is 5.73 Å². The van der Waals surface area contributed by atoms with Gasteiger partial charge in [0.15, 0.2) is 0 Å². The van der Waals surface area contributed by atoms with Crippen molar-refractivity contribution in [3.63, 3.8) is 0 Å². The van der Waals surface area contributed by atoms with E-state index >= 15 is 0 Å². The molecule has 0 amide bonds. The maximum absolute atomic E-state index is 10.7. The van der Waals surface area contributed by atoms with Gasteiger partial charge in [-0.1, -0.05) is 0 Å². The molecule has 0 aliphatic rings. The van der Waals surface area contributed by atoms with E-state index in [1.54, 1.807) is 12.1 Å². The molecular formula is C7H5I2NO2. The Hall–Kier alpha value is -0.0500. The van der Waals surface area contributed by atoms with Crippen LogP contribution in [0.2, 0.25) is 0 Å². The molecule has 0 radical (unpaired) electrons. The molecule has 1 aromatic rings. The Morgan fingerprint density at radius 3 is 2.42 bits per heavy atom. The third kappa shape index (κ3) is 1.82. The summed E-state index contributed by atoms with van der Waals surface area (Å²) in [5, 5.41) is 8.78. The summed E-state index contributed by atoms with van der Waals surface area (Å²) in [6.07, 6.45) is 0. The Bertz CT molecular complexity index is 338. The summed E-state index contributed by atoms with van der Waals surface area (Å²) in [5.74, 6) is -0.976. The fourth-order valence-corrected chi connectivity index (χ4v) is 1.95. The van der Waals surface area contributed by atoms with Gasteiger partial charge >= 0.3 is 5.97 Å². The third-order valence-corrected chi connectivity index (χ3v) is 4.39. The molecule has 1 rings (SSSR count). The average Bonchev–Trinajstić information content (AvgIpc) is 1.97. The van der Waals surface area contributed by atoms with Crippen molar-refractivity contribution >= 4 is 56.8 Å². The van der Waals surface area contributed by atoms with Gasteiger partial charge in [-0.2, -0.15) is 0 Å². The number of benzene rings is 1. The van der Waals surface area contributed by atoms with E-state index in [4.69, 9.17) is 10.8 Å². The normalized spacial score (nSPS) is 9.83. The molecule has 0 saturated carbocycles. The predicted molar refractivity (Wildman–Crippen MR) is 63.2 cm³/mol. The number of nitrogens with two attached hydrogens (primary N) is 1. The second kappa shape index (κ2) is 3.77. The SMILES string of the molecule is Nc1ccc(I)c(I)c1C(=O)O. The third-order valence-electron chi connectivity index (χ3n) is 1.34. The zero-order chi connectivity index (χ0) is 9.30. The molecule has 0 aliphatic carbocycles. The van der Waals surface area contributed by atoms with Crippen molar-refractivity contribution in [3.8, 4) is 0 Å². The zero-order valence-corrected chi connectivity index (χ0v) is 10.2. The van der Waals surface area contributed by atoms with Crippen LogP contribution in [0.25, 0.3) is 0 Å². The standard InChI is InChI=1S/C7H5I2NO2/c8-3-1-2-4(10)5(6(3)9)7(11)12/h1-2H,10H2,(H,11,12). The molecule has 3 nitrogen and oxygen atoms in total. The molecule has 0 saturated heterocycles. The molecule has 0 unspecified atom stereocenters. The van der Waals surface area contributed by atoms with Gasteiger partial charge in [0.25, 0.3) is 0 Å². The van der Waals surface area contributed by atoms with Gasteiger partial charge in [0.1, 0.15) is 0 Å². The first-order valence-electron chi connectivity index (χ1n) is 3.01. The van der Waals surface area contributed by atoms with Gasteiger partial charge in [0, 0.05) is 12.8 Å². The molecule has 0 fully saturated rings. The number of carboxylic acids is 1. The number of carbonyl (C=O) groups is 1. The topological polar surface area (TPSA) is 63.3 Å². The van der Waals surface area contributed by atoms with Crippen LogP contribution in [-0.2, 0) is 0 Å². The number of rotatable bonds is 1. The first-order valence-corrected chi connectivity index (χ1v) is 5.16. The van der Waals surface area contributed by atoms with Crippen molar-refractivity contribution in [1.82, 2.24) is 0 Å². The second-order valence-electron chi connectivity index (χ2n) is 2.13. The summed E-state index contributed by atoms with van der Waals surface area (Å²) in [5.41, 5.74) is 6.01. The fourth-order valence-electron chi connectivity index (χ4n) is 0.783. The van der Waals surface area contributed by atoms with Crippen LogP contribution in [0.15, 0.2) is 12.1 Å². The van der Waals surface area contributed by atoms with E-state index in [2.05, 4.69) is 22.6 Å². The highest BCUT2D eigenvalue weighted by atomic mass is 127. The Labute approximate surface area is 96.6 Å². The van der Waals surface area contributed by atoms with Gasteiger partial charge in [0.2, 0.25) is 0 Å². The number of anilines is 1. The Kier molecular flexibility index (Phi) is 3.16. The average molecular weight is 389 g/mol. The lowest BCUT2D eigenvalue weighted by molar-refractivity contribution is 0.0697. The van der Waals surface area contributed by atoms with Crippen LogP contribution in [0.4, 0.5) is 5.69 Å². The summed E-state index contributed by atoms with van der Waals surface area (Å²) < 4.78 is 1.60. The molecule has 12 heavy (non-hydrogen) atoms. The quantitative estimate of drug-likeness (QED) is 0.572. The summed E-state index contributed by atoms with van der Waals surface area (Å²) >= 11 is 4.05. The maximum Gasteiger partial charge on any atom is 0.338 e. The smallest absolute Gasteiger partial charge is 0.338 e. The van der Waals surface area contributed by atoms with Gasteiger partial charge in [0.05, 0.1) is 5.56 Å². The van der Waals surface area contributed by atoms with E-state index in [-0.39, 0.29) is 5.56 Å². The molecule has 3 N–H and O–H groups in total. The van der Waals surface area contributed by atoms with Crippen molar-refractivity contribution in [2.24, 2.45) is 0 Å². The van der Waals surface area contributed by atoms with Gasteiger partial charge in [-0.3, -0.25) is 0 Å². The first kappa shape index (κ1) is 10.0.